The van der Waals surface area contributed by atoms with Crippen molar-refractivity contribution in [1.82, 2.24) is 0 Å². The van der Waals surface area contributed by atoms with Crippen LogP contribution in [0.2, 0.25) is 0 Å². The number of benzene rings is 2. The quantitative estimate of drug-likeness (QED) is 0.807. The van der Waals surface area contributed by atoms with Crippen molar-refractivity contribution in [1.29, 1.82) is 0 Å². The molecule has 0 saturated heterocycles. The molecule has 138 valence electrons. The van der Waals surface area contributed by atoms with Gasteiger partial charge in [-0.05, 0) is 61.4 Å². The highest BCUT2D eigenvalue weighted by Gasteiger charge is 2.21. The molecule has 2 amide bonds. The number of rotatable bonds is 6. The lowest BCUT2D eigenvalue weighted by Crippen LogP contribution is -2.30. The van der Waals surface area contributed by atoms with E-state index in [2.05, 4.69) is 10.6 Å². The summed E-state index contributed by atoms with van der Waals surface area (Å²) in [5.41, 5.74) is 2.63. The maximum atomic E-state index is 12.8. The first kappa shape index (κ1) is 19.6. The van der Waals surface area contributed by atoms with Gasteiger partial charge >= 0.3 is 0 Å². The van der Waals surface area contributed by atoms with Gasteiger partial charge in [-0.25, -0.2) is 12.8 Å². The third-order valence-corrected chi connectivity index (χ3v) is 4.74. The molecule has 0 bridgehead atoms. The molecule has 2 aromatic carbocycles. The minimum Gasteiger partial charge on any atom is -0.325 e. The average Bonchev–Trinajstić information content (AvgIpc) is 2.46. The van der Waals surface area contributed by atoms with E-state index in [1.807, 2.05) is 19.9 Å². The van der Waals surface area contributed by atoms with Gasteiger partial charge in [-0.3, -0.25) is 9.59 Å². The predicted octanol–water partition coefficient (Wildman–Crippen LogP) is 2.43. The summed E-state index contributed by atoms with van der Waals surface area (Å²) in [7, 11) is -3.95. The van der Waals surface area contributed by atoms with Gasteiger partial charge < -0.3 is 10.6 Å². The van der Waals surface area contributed by atoms with Gasteiger partial charge in [0.15, 0.2) is 9.84 Å². The molecule has 0 heterocycles. The number of amides is 2. The first-order valence-electron chi connectivity index (χ1n) is 7.77. The van der Waals surface area contributed by atoms with Crippen LogP contribution in [-0.4, -0.2) is 31.7 Å². The SMILES string of the molecule is Cc1cc(C)cc(NC(=O)CS(=O)(=O)CC(=O)Nc2ccc(F)cc2)c1. The van der Waals surface area contributed by atoms with Crippen molar-refractivity contribution in [2.24, 2.45) is 0 Å². The van der Waals surface area contributed by atoms with E-state index < -0.39 is 39.0 Å². The van der Waals surface area contributed by atoms with Crippen molar-refractivity contribution < 1.29 is 22.4 Å². The fourth-order valence-corrected chi connectivity index (χ4v) is 3.47. The van der Waals surface area contributed by atoms with E-state index in [0.717, 1.165) is 23.3 Å². The minimum absolute atomic E-state index is 0.270. The highest BCUT2D eigenvalue weighted by Crippen LogP contribution is 2.14. The molecular formula is C18H19FN2O4S. The van der Waals surface area contributed by atoms with Gasteiger partial charge in [-0.2, -0.15) is 0 Å². The fraction of sp³-hybridized carbons (Fsp3) is 0.222. The number of carbonyl (C=O) groups is 2. The van der Waals surface area contributed by atoms with Crippen molar-refractivity contribution in [3.05, 3.63) is 59.4 Å². The van der Waals surface area contributed by atoms with Gasteiger partial charge in [-0.1, -0.05) is 6.07 Å². The molecule has 0 atom stereocenters. The number of aryl methyl sites for hydroxylation is 2. The van der Waals surface area contributed by atoms with Crippen LogP contribution in [0.4, 0.5) is 15.8 Å². The Labute approximate surface area is 151 Å². The molecule has 2 N–H and O–H groups in total. The van der Waals surface area contributed by atoms with E-state index in [9.17, 15) is 22.4 Å². The molecule has 26 heavy (non-hydrogen) atoms. The monoisotopic (exact) mass is 378 g/mol. The molecule has 0 fully saturated rings. The van der Waals surface area contributed by atoms with Gasteiger partial charge in [0, 0.05) is 11.4 Å². The van der Waals surface area contributed by atoms with Crippen LogP contribution in [0.1, 0.15) is 11.1 Å². The van der Waals surface area contributed by atoms with E-state index >= 15 is 0 Å². The zero-order chi connectivity index (χ0) is 19.3. The van der Waals surface area contributed by atoms with Gasteiger partial charge in [0.2, 0.25) is 11.8 Å². The lowest BCUT2D eigenvalue weighted by molar-refractivity contribution is -0.114. The molecule has 0 unspecified atom stereocenters. The molecule has 0 aliphatic heterocycles. The molecular weight excluding hydrogens is 359 g/mol. The van der Waals surface area contributed by atoms with Gasteiger partial charge in [0.1, 0.15) is 17.3 Å². The molecule has 2 aromatic rings. The standard InChI is InChI=1S/C18H19FN2O4S/c1-12-7-13(2)9-16(8-12)21-18(23)11-26(24,25)10-17(22)20-15-5-3-14(19)4-6-15/h3-9H,10-11H2,1-2H3,(H,20,22)(H,21,23). The number of hydrogen-bond donors (Lipinski definition) is 2. The van der Waals surface area contributed by atoms with Crippen LogP contribution in [0.5, 0.6) is 0 Å². The number of sulfone groups is 1. The maximum Gasteiger partial charge on any atom is 0.239 e. The van der Waals surface area contributed by atoms with Crippen LogP contribution in [0.15, 0.2) is 42.5 Å². The summed E-state index contributed by atoms with van der Waals surface area (Å²) >= 11 is 0. The predicted molar refractivity (Wildman–Crippen MR) is 98.2 cm³/mol. The van der Waals surface area contributed by atoms with Crippen molar-refractivity contribution in [2.45, 2.75) is 13.8 Å². The Kier molecular flexibility index (Phi) is 6.10. The summed E-state index contributed by atoms with van der Waals surface area (Å²) in [4.78, 5) is 23.8. The Morgan fingerprint density at radius 1 is 0.846 bits per heavy atom. The van der Waals surface area contributed by atoms with Crippen molar-refractivity contribution in [3.63, 3.8) is 0 Å². The van der Waals surface area contributed by atoms with Crippen molar-refractivity contribution in [3.8, 4) is 0 Å². The molecule has 8 heteroatoms. The normalized spacial score (nSPS) is 11.0. The van der Waals surface area contributed by atoms with Gasteiger partial charge in [-0.15, -0.1) is 0 Å². The molecule has 0 spiro atoms. The number of nitrogens with one attached hydrogen (secondary N) is 2. The Balaban J connectivity index is 1.93. The molecule has 0 aliphatic rings. The van der Waals surface area contributed by atoms with Crippen molar-refractivity contribution in [2.75, 3.05) is 22.1 Å². The van der Waals surface area contributed by atoms with Crippen LogP contribution < -0.4 is 10.6 Å². The summed E-state index contributed by atoms with van der Waals surface area (Å²) in [6.45, 7) is 3.72. The summed E-state index contributed by atoms with van der Waals surface area (Å²) in [5, 5.41) is 4.86. The fourth-order valence-electron chi connectivity index (χ4n) is 2.42. The third kappa shape index (κ3) is 6.29. The highest BCUT2D eigenvalue weighted by molar-refractivity contribution is 7.92. The molecule has 0 aromatic heterocycles. The topological polar surface area (TPSA) is 92.3 Å². The van der Waals surface area contributed by atoms with E-state index in [0.29, 0.717) is 5.69 Å². The van der Waals surface area contributed by atoms with E-state index in [1.54, 1.807) is 12.1 Å². The zero-order valence-electron chi connectivity index (χ0n) is 14.4. The first-order chi connectivity index (χ1) is 12.1. The molecule has 6 nitrogen and oxygen atoms in total. The zero-order valence-corrected chi connectivity index (χ0v) is 15.2. The lowest BCUT2D eigenvalue weighted by atomic mass is 10.1. The summed E-state index contributed by atoms with van der Waals surface area (Å²) < 4.78 is 36.9. The van der Waals surface area contributed by atoms with Crippen LogP contribution in [0.3, 0.4) is 0 Å². The summed E-state index contributed by atoms with van der Waals surface area (Å²) in [6.07, 6.45) is 0. The Morgan fingerprint density at radius 3 is 1.81 bits per heavy atom. The maximum absolute atomic E-state index is 12.8. The van der Waals surface area contributed by atoms with Crippen LogP contribution in [0, 0.1) is 19.7 Å². The number of anilines is 2. The number of halogens is 1. The third-order valence-electron chi connectivity index (χ3n) is 3.34. The van der Waals surface area contributed by atoms with Gasteiger partial charge in [0.25, 0.3) is 0 Å². The van der Waals surface area contributed by atoms with E-state index in [-0.39, 0.29) is 5.69 Å². The molecule has 0 radical (unpaired) electrons. The summed E-state index contributed by atoms with van der Waals surface area (Å²) in [6, 6.07) is 10.3. The van der Waals surface area contributed by atoms with Gasteiger partial charge in [0.05, 0.1) is 0 Å². The van der Waals surface area contributed by atoms with Crippen LogP contribution >= 0.6 is 0 Å². The molecule has 2 rings (SSSR count). The summed E-state index contributed by atoms with van der Waals surface area (Å²) in [5.74, 6) is -3.64. The second kappa shape index (κ2) is 8.09. The largest absolute Gasteiger partial charge is 0.325 e. The molecule has 0 saturated carbocycles. The van der Waals surface area contributed by atoms with Crippen molar-refractivity contribution >= 4 is 33.0 Å². The van der Waals surface area contributed by atoms with E-state index in [1.165, 1.54) is 12.1 Å². The number of carbonyl (C=O) groups excluding carboxylic acids is 2. The van der Waals surface area contributed by atoms with Crippen LogP contribution in [-0.2, 0) is 19.4 Å². The highest BCUT2D eigenvalue weighted by atomic mass is 32.2. The van der Waals surface area contributed by atoms with E-state index in [4.69, 9.17) is 0 Å². The Bertz CT molecular complexity index is 904. The smallest absolute Gasteiger partial charge is 0.239 e. The second-order valence-corrected chi connectivity index (χ2v) is 8.08. The Hall–Kier alpha value is -2.74. The minimum atomic E-state index is -3.95. The Morgan fingerprint density at radius 2 is 1.31 bits per heavy atom. The number of hydrogen-bond acceptors (Lipinski definition) is 4. The second-order valence-electron chi connectivity index (χ2n) is 6.01. The lowest BCUT2D eigenvalue weighted by Gasteiger charge is -2.09. The first-order valence-corrected chi connectivity index (χ1v) is 9.59. The molecule has 0 aliphatic carbocycles. The average molecular weight is 378 g/mol. The van der Waals surface area contributed by atoms with Crippen LogP contribution in [0.25, 0.3) is 0 Å².